The Labute approximate surface area is 203 Å². The zero-order valence-electron chi connectivity index (χ0n) is 19.8. The summed E-state index contributed by atoms with van der Waals surface area (Å²) in [5, 5.41) is 19.6. The van der Waals surface area contributed by atoms with Crippen molar-refractivity contribution in [2.45, 2.75) is 63.2 Å². The molecule has 0 amide bonds. The van der Waals surface area contributed by atoms with Crippen LogP contribution in [0.1, 0.15) is 44.9 Å². The van der Waals surface area contributed by atoms with E-state index in [1.807, 2.05) is 12.1 Å². The van der Waals surface area contributed by atoms with Gasteiger partial charge >= 0.3 is 0 Å². The number of hydrogen-bond donors (Lipinski definition) is 1. The Morgan fingerprint density at radius 2 is 1.83 bits per heavy atom. The number of halogens is 1. The smallest absolute Gasteiger partial charge is 0.250 e. The number of rotatable bonds is 5. The Morgan fingerprint density at radius 1 is 1.00 bits per heavy atom. The number of benzene rings is 1. The van der Waals surface area contributed by atoms with Gasteiger partial charge in [-0.2, -0.15) is 0 Å². The number of nitrogens with zero attached hydrogens (tertiary/aromatic N) is 5. The number of hydrogen-bond acceptors (Lipinski definition) is 6. The van der Waals surface area contributed by atoms with Crippen LogP contribution < -0.4 is 10.5 Å². The molecule has 3 aliphatic rings. The predicted molar refractivity (Wildman–Crippen MR) is 132 cm³/mol. The molecule has 3 aliphatic carbocycles. The van der Waals surface area contributed by atoms with Crippen molar-refractivity contribution in [3.63, 3.8) is 0 Å². The highest BCUT2D eigenvalue weighted by Crippen LogP contribution is 2.46. The van der Waals surface area contributed by atoms with E-state index < -0.39 is 6.17 Å². The minimum Gasteiger partial charge on any atom is -0.507 e. The van der Waals surface area contributed by atoms with Crippen molar-refractivity contribution in [2.24, 2.45) is 18.9 Å². The summed E-state index contributed by atoms with van der Waals surface area (Å²) in [4.78, 5) is 18.9. The van der Waals surface area contributed by atoms with Crippen LogP contribution >= 0.6 is 0 Å². The molecule has 0 unspecified atom stereocenters. The summed E-state index contributed by atoms with van der Waals surface area (Å²) in [7, 11) is 1.70. The van der Waals surface area contributed by atoms with Gasteiger partial charge in [0.1, 0.15) is 11.9 Å². The maximum atomic E-state index is 14.5. The second kappa shape index (κ2) is 8.73. The standard InChI is InChI=1S/C27H30FN5O2/c1-32-9-8-18(14-26(32)35)17-3-6-22(24(34)13-17)27-29-15-25(30-31-27)33(20-4-5-20)21-11-16-2-7-23(28)19(10-16)12-21/h3,6,8-9,13-16,19-21,23,34H,2,4-5,7,10-12H2,1H3/t16-,19+,21+,23+/m0/s1. The monoisotopic (exact) mass is 475 g/mol. The second-order valence-electron chi connectivity index (χ2n) is 10.5. The zero-order valence-corrected chi connectivity index (χ0v) is 19.8. The summed E-state index contributed by atoms with van der Waals surface area (Å²) in [6, 6.07) is 9.31. The van der Waals surface area contributed by atoms with E-state index in [0.717, 1.165) is 55.5 Å². The number of aryl methyl sites for hydroxylation is 1. The van der Waals surface area contributed by atoms with Crippen LogP contribution in [0.15, 0.2) is 47.5 Å². The third kappa shape index (κ3) is 4.30. The Kier molecular flexibility index (Phi) is 5.54. The van der Waals surface area contributed by atoms with Crippen molar-refractivity contribution in [3.8, 4) is 28.3 Å². The minimum absolute atomic E-state index is 0.0332. The average molecular weight is 476 g/mol. The summed E-state index contributed by atoms with van der Waals surface area (Å²) in [5.41, 5.74) is 1.85. The summed E-state index contributed by atoms with van der Waals surface area (Å²) < 4.78 is 16.0. The van der Waals surface area contributed by atoms with Crippen molar-refractivity contribution < 1.29 is 9.50 Å². The van der Waals surface area contributed by atoms with E-state index in [-0.39, 0.29) is 23.3 Å². The molecule has 35 heavy (non-hydrogen) atoms. The first kappa shape index (κ1) is 22.2. The number of aromatic hydroxyl groups is 1. The van der Waals surface area contributed by atoms with E-state index in [2.05, 4.69) is 20.1 Å². The third-order valence-electron chi connectivity index (χ3n) is 8.00. The normalized spacial score (nSPS) is 25.9. The largest absolute Gasteiger partial charge is 0.507 e. The molecule has 6 rings (SSSR count). The van der Waals surface area contributed by atoms with Gasteiger partial charge in [0.2, 0.25) is 0 Å². The summed E-state index contributed by atoms with van der Waals surface area (Å²) in [6.45, 7) is 0. The fourth-order valence-corrected chi connectivity index (χ4v) is 6.00. The number of anilines is 1. The molecule has 7 nitrogen and oxygen atoms in total. The lowest BCUT2D eigenvalue weighted by molar-refractivity contribution is 0.0744. The number of alkyl halides is 1. The molecule has 1 N–H and O–H groups in total. The first-order valence-electron chi connectivity index (χ1n) is 12.6. The van der Waals surface area contributed by atoms with Crippen LogP contribution in [0.4, 0.5) is 10.2 Å². The van der Waals surface area contributed by atoms with Crippen molar-refractivity contribution in [2.75, 3.05) is 4.90 Å². The Hall–Kier alpha value is -3.29. The molecule has 4 atom stereocenters. The number of phenols is 1. The predicted octanol–water partition coefficient (Wildman–Crippen LogP) is 4.50. The molecule has 3 fully saturated rings. The Balaban J connectivity index is 1.24. The lowest BCUT2D eigenvalue weighted by Gasteiger charge is -2.45. The van der Waals surface area contributed by atoms with Crippen LogP contribution in [0.3, 0.4) is 0 Å². The van der Waals surface area contributed by atoms with Crippen molar-refractivity contribution in [1.82, 2.24) is 19.7 Å². The third-order valence-corrected chi connectivity index (χ3v) is 8.00. The van der Waals surface area contributed by atoms with Gasteiger partial charge in [0, 0.05) is 31.4 Å². The van der Waals surface area contributed by atoms with Crippen LogP contribution in [0.2, 0.25) is 0 Å². The molecular formula is C27H30FN5O2. The van der Waals surface area contributed by atoms with Crippen molar-refractivity contribution >= 4 is 5.82 Å². The Bertz CT molecular complexity index is 1290. The summed E-state index contributed by atoms with van der Waals surface area (Å²) in [5.74, 6) is 1.89. The topological polar surface area (TPSA) is 84.1 Å². The molecule has 2 bridgehead atoms. The van der Waals surface area contributed by atoms with Gasteiger partial charge in [0.15, 0.2) is 11.6 Å². The number of aromatic nitrogens is 4. The maximum absolute atomic E-state index is 14.5. The van der Waals surface area contributed by atoms with Crippen molar-refractivity contribution in [1.29, 1.82) is 0 Å². The van der Waals surface area contributed by atoms with Gasteiger partial charge in [0.05, 0.1) is 11.8 Å². The maximum Gasteiger partial charge on any atom is 0.250 e. The van der Waals surface area contributed by atoms with Crippen LogP contribution in [0.25, 0.3) is 22.5 Å². The highest BCUT2D eigenvalue weighted by Gasteiger charge is 2.43. The molecule has 2 aromatic heterocycles. The average Bonchev–Trinajstić information content (AvgIpc) is 3.69. The van der Waals surface area contributed by atoms with Crippen LogP contribution in [0, 0.1) is 11.8 Å². The van der Waals surface area contributed by atoms with Gasteiger partial charge in [-0.15, -0.1) is 10.2 Å². The van der Waals surface area contributed by atoms with E-state index in [1.165, 1.54) is 10.6 Å². The zero-order chi connectivity index (χ0) is 24.1. The Morgan fingerprint density at radius 3 is 2.54 bits per heavy atom. The van der Waals surface area contributed by atoms with Gasteiger partial charge in [-0.25, -0.2) is 9.37 Å². The van der Waals surface area contributed by atoms with Crippen molar-refractivity contribution in [3.05, 3.63) is 53.1 Å². The number of phenolic OH excluding ortho intramolecular Hbond substituents is 1. The van der Waals surface area contributed by atoms with E-state index in [9.17, 15) is 14.3 Å². The molecule has 0 saturated heterocycles. The molecule has 0 radical (unpaired) electrons. The lowest BCUT2D eigenvalue weighted by atomic mass is 9.69. The molecule has 0 aliphatic heterocycles. The fraction of sp³-hybridized carbons (Fsp3) is 0.481. The van der Waals surface area contributed by atoms with Crippen LogP contribution in [-0.4, -0.2) is 43.1 Å². The summed E-state index contributed by atoms with van der Waals surface area (Å²) in [6.07, 6.45) is 9.71. The van der Waals surface area contributed by atoms with Gasteiger partial charge < -0.3 is 14.6 Å². The molecule has 182 valence electrons. The van der Waals surface area contributed by atoms with E-state index in [1.54, 1.807) is 31.6 Å². The summed E-state index contributed by atoms with van der Waals surface area (Å²) >= 11 is 0. The van der Waals surface area contributed by atoms with Crippen LogP contribution in [-0.2, 0) is 7.05 Å². The molecule has 0 spiro atoms. The number of fused-ring (bicyclic) bond motifs is 2. The fourth-order valence-electron chi connectivity index (χ4n) is 6.00. The first-order chi connectivity index (χ1) is 17.0. The van der Waals surface area contributed by atoms with E-state index >= 15 is 0 Å². The van der Waals surface area contributed by atoms with Gasteiger partial charge in [-0.3, -0.25) is 4.79 Å². The molecule has 2 heterocycles. The molecular weight excluding hydrogens is 445 g/mol. The van der Waals surface area contributed by atoms with E-state index in [0.29, 0.717) is 29.8 Å². The molecule has 1 aromatic carbocycles. The quantitative estimate of drug-likeness (QED) is 0.585. The second-order valence-corrected chi connectivity index (χ2v) is 10.5. The SMILES string of the molecule is Cn1ccc(-c2ccc(-c3ncc(N(C4CC4)[C@@H]4C[C@H]5CC[C@@H](F)[C@H](C5)C4)nn3)c(O)c2)cc1=O. The van der Waals surface area contributed by atoms with Gasteiger partial charge in [-0.1, -0.05) is 6.07 Å². The van der Waals surface area contributed by atoms with E-state index in [4.69, 9.17) is 0 Å². The minimum atomic E-state index is -0.675. The van der Waals surface area contributed by atoms with Gasteiger partial charge in [0.25, 0.3) is 5.56 Å². The van der Waals surface area contributed by atoms with Crippen LogP contribution in [0.5, 0.6) is 5.75 Å². The number of pyridine rings is 1. The molecule has 3 aromatic rings. The van der Waals surface area contributed by atoms with Gasteiger partial charge in [-0.05, 0) is 86.1 Å². The highest BCUT2D eigenvalue weighted by atomic mass is 19.1. The first-order valence-corrected chi connectivity index (χ1v) is 12.6. The highest BCUT2D eigenvalue weighted by molar-refractivity contribution is 5.72. The molecule has 3 saturated carbocycles. The molecule has 8 heteroatoms. The lowest BCUT2D eigenvalue weighted by Crippen LogP contribution is -2.46.